The summed E-state index contributed by atoms with van der Waals surface area (Å²) in [6.45, 7) is 0.553. The third-order valence-corrected chi connectivity index (χ3v) is 7.39. The molecule has 0 fully saturated rings. The van der Waals surface area contributed by atoms with Crippen LogP contribution in [0.3, 0.4) is 0 Å². The molecule has 168 valence electrons. The fourth-order valence-corrected chi connectivity index (χ4v) is 5.65. The lowest BCUT2D eigenvalue weighted by Gasteiger charge is -2.26. The summed E-state index contributed by atoms with van der Waals surface area (Å²) >= 11 is 1.65. The summed E-state index contributed by atoms with van der Waals surface area (Å²) in [4.78, 5) is 19.5. The molecule has 1 aliphatic carbocycles. The first-order valence-corrected chi connectivity index (χ1v) is 12.5. The molecule has 0 unspecified atom stereocenters. The predicted octanol–water partition coefficient (Wildman–Crippen LogP) is 6.02. The molecule has 1 amide bonds. The molecule has 3 heterocycles. The van der Waals surface area contributed by atoms with E-state index in [-0.39, 0.29) is 11.9 Å². The predicted molar refractivity (Wildman–Crippen MR) is 136 cm³/mol. The van der Waals surface area contributed by atoms with E-state index in [9.17, 15) is 4.79 Å². The van der Waals surface area contributed by atoms with Crippen LogP contribution in [-0.4, -0.2) is 20.7 Å². The Morgan fingerprint density at radius 1 is 1.03 bits per heavy atom. The number of aromatic nitrogens is 3. The minimum absolute atomic E-state index is 0.00590. The SMILES string of the molecule is O=C(N[C@@H]1CCCc2ccccc21)c1nn(Cc2ccccc2)c2nccc(-c3cccs3)c12. The number of pyridine rings is 1. The zero-order valence-electron chi connectivity index (χ0n) is 18.6. The van der Waals surface area contributed by atoms with Crippen molar-refractivity contribution in [3.05, 3.63) is 107 Å². The summed E-state index contributed by atoms with van der Waals surface area (Å²) in [6, 6.07) is 24.6. The average molecular weight is 465 g/mol. The highest BCUT2D eigenvalue weighted by molar-refractivity contribution is 7.13. The number of benzene rings is 2. The van der Waals surface area contributed by atoms with E-state index in [1.807, 2.05) is 41.1 Å². The van der Waals surface area contributed by atoms with Crippen LogP contribution in [-0.2, 0) is 13.0 Å². The van der Waals surface area contributed by atoms with Gasteiger partial charge in [-0.05, 0) is 53.5 Å². The van der Waals surface area contributed by atoms with Crippen LogP contribution in [0.2, 0.25) is 0 Å². The topological polar surface area (TPSA) is 59.8 Å². The highest BCUT2D eigenvalue weighted by atomic mass is 32.1. The number of hydrogen-bond acceptors (Lipinski definition) is 4. The number of rotatable bonds is 5. The highest BCUT2D eigenvalue weighted by Crippen LogP contribution is 2.34. The van der Waals surface area contributed by atoms with Gasteiger partial charge in [-0.25, -0.2) is 9.67 Å². The summed E-state index contributed by atoms with van der Waals surface area (Å²) in [6.07, 6.45) is 4.86. The van der Waals surface area contributed by atoms with E-state index in [0.717, 1.165) is 46.3 Å². The quantitative estimate of drug-likeness (QED) is 0.346. The van der Waals surface area contributed by atoms with Gasteiger partial charge in [0, 0.05) is 16.6 Å². The Hall–Kier alpha value is -3.77. The van der Waals surface area contributed by atoms with Gasteiger partial charge >= 0.3 is 0 Å². The van der Waals surface area contributed by atoms with E-state index < -0.39 is 0 Å². The third-order valence-electron chi connectivity index (χ3n) is 6.48. The number of carbonyl (C=O) groups is 1. The summed E-state index contributed by atoms with van der Waals surface area (Å²) in [5, 5.41) is 11.0. The molecule has 34 heavy (non-hydrogen) atoms. The van der Waals surface area contributed by atoms with Gasteiger partial charge in [0.05, 0.1) is 18.0 Å². The van der Waals surface area contributed by atoms with Crippen LogP contribution in [0.4, 0.5) is 0 Å². The monoisotopic (exact) mass is 464 g/mol. The van der Waals surface area contributed by atoms with E-state index in [4.69, 9.17) is 5.10 Å². The molecule has 5 aromatic rings. The molecule has 6 heteroatoms. The van der Waals surface area contributed by atoms with E-state index in [0.29, 0.717) is 12.2 Å². The first-order valence-electron chi connectivity index (χ1n) is 11.6. The zero-order chi connectivity index (χ0) is 22.9. The van der Waals surface area contributed by atoms with Crippen LogP contribution in [0, 0.1) is 0 Å². The number of thiophene rings is 1. The third kappa shape index (κ3) is 3.80. The Bertz CT molecular complexity index is 1460. The zero-order valence-corrected chi connectivity index (χ0v) is 19.5. The molecular weight excluding hydrogens is 440 g/mol. The maximum absolute atomic E-state index is 13.7. The largest absolute Gasteiger partial charge is 0.344 e. The molecule has 0 saturated heterocycles. The Labute approximate surface area is 202 Å². The second-order valence-corrected chi connectivity index (χ2v) is 9.59. The van der Waals surface area contributed by atoms with Crippen molar-refractivity contribution in [2.75, 3.05) is 0 Å². The molecule has 0 aliphatic heterocycles. The van der Waals surface area contributed by atoms with Crippen molar-refractivity contribution in [3.63, 3.8) is 0 Å². The lowest BCUT2D eigenvalue weighted by atomic mass is 9.87. The van der Waals surface area contributed by atoms with E-state index in [1.165, 1.54) is 11.1 Å². The van der Waals surface area contributed by atoms with Crippen LogP contribution < -0.4 is 5.32 Å². The lowest BCUT2D eigenvalue weighted by molar-refractivity contribution is 0.0928. The van der Waals surface area contributed by atoms with E-state index >= 15 is 0 Å². The average Bonchev–Trinajstić information content (AvgIpc) is 3.54. The summed E-state index contributed by atoms with van der Waals surface area (Å²) in [7, 11) is 0. The molecule has 0 spiro atoms. The number of amides is 1. The Balaban J connectivity index is 1.44. The van der Waals surface area contributed by atoms with Crippen LogP contribution in [0.5, 0.6) is 0 Å². The Kier molecular flexibility index (Phi) is 5.43. The van der Waals surface area contributed by atoms with E-state index in [1.54, 1.807) is 17.5 Å². The summed E-state index contributed by atoms with van der Waals surface area (Å²) < 4.78 is 1.85. The van der Waals surface area contributed by atoms with Gasteiger partial charge in [-0.2, -0.15) is 5.10 Å². The number of aryl methyl sites for hydroxylation is 1. The standard InChI is InChI=1S/C28H24N4OS/c33-28(30-23-13-6-11-20-10-4-5-12-21(20)23)26-25-22(24-14-7-17-34-24)15-16-29-27(25)32(31-26)18-19-8-2-1-3-9-19/h1-5,7-10,12,14-17,23H,6,11,13,18H2,(H,30,33)/t23-/m1/s1. The maximum Gasteiger partial charge on any atom is 0.272 e. The van der Waals surface area contributed by atoms with Crippen LogP contribution >= 0.6 is 11.3 Å². The Morgan fingerprint density at radius 2 is 1.88 bits per heavy atom. The second-order valence-electron chi connectivity index (χ2n) is 8.64. The number of nitrogens with one attached hydrogen (secondary N) is 1. The second kappa shape index (κ2) is 8.88. The maximum atomic E-state index is 13.7. The minimum Gasteiger partial charge on any atom is -0.344 e. The lowest BCUT2D eigenvalue weighted by Crippen LogP contribution is -2.31. The molecule has 6 rings (SSSR count). The molecule has 0 bridgehead atoms. The van der Waals surface area contributed by atoms with Crippen molar-refractivity contribution in [1.82, 2.24) is 20.1 Å². The normalized spacial score (nSPS) is 15.2. The van der Waals surface area contributed by atoms with Crippen molar-refractivity contribution in [3.8, 4) is 10.4 Å². The molecule has 1 atom stereocenters. The van der Waals surface area contributed by atoms with Gasteiger partial charge in [0.15, 0.2) is 11.3 Å². The van der Waals surface area contributed by atoms with Crippen molar-refractivity contribution < 1.29 is 4.79 Å². The molecule has 5 nitrogen and oxygen atoms in total. The summed E-state index contributed by atoms with van der Waals surface area (Å²) in [5.41, 5.74) is 5.80. The number of carbonyl (C=O) groups excluding carboxylic acids is 1. The van der Waals surface area contributed by atoms with Gasteiger partial charge in [-0.1, -0.05) is 60.7 Å². The highest BCUT2D eigenvalue weighted by Gasteiger charge is 2.26. The Morgan fingerprint density at radius 3 is 2.74 bits per heavy atom. The van der Waals surface area contributed by atoms with Crippen LogP contribution in [0.1, 0.15) is 46.1 Å². The van der Waals surface area contributed by atoms with Gasteiger partial charge in [0.2, 0.25) is 0 Å². The van der Waals surface area contributed by atoms with Gasteiger partial charge in [-0.3, -0.25) is 4.79 Å². The number of nitrogens with zero attached hydrogens (tertiary/aromatic N) is 3. The van der Waals surface area contributed by atoms with Crippen molar-refractivity contribution >= 4 is 28.3 Å². The molecule has 1 N–H and O–H groups in total. The fourth-order valence-electron chi connectivity index (χ4n) is 4.89. The first-order chi connectivity index (χ1) is 16.8. The van der Waals surface area contributed by atoms with Gasteiger partial charge in [-0.15, -0.1) is 11.3 Å². The van der Waals surface area contributed by atoms with Gasteiger partial charge in [0.1, 0.15) is 0 Å². The minimum atomic E-state index is -0.149. The van der Waals surface area contributed by atoms with Crippen molar-refractivity contribution in [2.45, 2.75) is 31.8 Å². The van der Waals surface area contributed by atoms with Gasteiger partial charge < -0.3 is 5.32 Å². The molecular formula is C28H24N4OS. The molecule has 3 aromatic heterocycles. The summed E-state index contributed by atoms with van der Waals surface area (Å²) in [5.74, 6) is -0.149. The van der Waals surface area contributed by atoms with E-state index in [2.05, 4.69) is 52.1 Å². The van der Waals surface area contributed by atoms with Crippen LogP contribution in [0.25, 0.3) is 21.5 Å². The van der Waals surface area contributed by atoms with Crippen molar-refractivity contribution in [2.24, 2.45) is 0 Å². The number of fused-ring (bicyclic) bond motifs is 2. The smallest absolute Gasteiger partial charge is 0.272 e. The van der Waals surface area contributed by atoms with Crippen molar-refractivity contribution in [1.29, 1.82) is 0 Å². The van der Waals surface area contributed by atoms with Gasteiger partial charge in [0.25, 0.3) is 5.91 Å². The molecule has 2 aromatic carbocycles. The van der Waals surface area contributed by atoms with Crippen LogP contribution in [0.15, 0.2) is 84.4 Å². The number of hydrogen-bond donors (Lipinski definition) is 1. The molecule has 1 aliphatic rings. The molecule has 0 radical (unpaired) electrons. The first kappa shape index (κ1) is 20.8. The molecule has 0 saturated carbocycles. The fraction of sp³-hybridized carbons (Fsp3) is 0.179.